The maximum atomic E-state index is 13.4. The first kappa shape index (κ1) is 22.5. The van der Waals surface area contributed by atoms with Crippen molar-refractivity contribution >= 4 is 28.8 Å². The second-order valence-corrected chi connectivity index (χ2v) is 9.60. The van der Waals surface area contributed by atoms with E-state index in [2.05, 4.69) is 5.32 Å². The van der Waals surface area contributed by atoms with Gasteiger partial charge in [0, 0.05) is 18.4 Å². The van der Waals surface area contributed by atoms with Crippen molar-refractivity contribution in [2.75, 3.05) is 26.3 Å². The van der Waals surface area contributed by atoms with Crippen LogP contribution in [0.15, 0.2) is 52.9 Å². The number of hydrogen-bond acceptors (Lipinski definition) is 6. The SMILES string of the molecule is C[C@]1(c2cc3ccccc3o2)NC(=O)N(CC(=O)N2CCC[C@@H]2c2ccc3c(c2)OCCCO3)C1=O. The van der Waals surface area contributed by atoms with E-state index < -0.39 is 17.5 Å². The van der Waals surface area contributed by atoms with Crippen LogP contribution >= 0.6 is 0 Å². The summed E-state index contributed by atoms with van der Waals surface area (Å²) in [7, 11) is 0. The Hall–Kier alpha value is -4.01. The van der Waals surface area contributed by atoms with E-state index >= 15 is 0 Å². The Kier molecular flexibility index (Phi) is 5.35. The predicted octanol–water partition coefficient (Wildman–Crippen LogP) is 3.72. The predicted molar refractivity (Wildman–Crippen MR) is 130 cm³/mol. The molecule has 0 saturated carbocycles. The maximum Gasteiger partial charge on any atom is 0.325 e. The molecule has 9 nitrogen and oxygen atoms in total. The number of imide groups is 1. The van der Waals surface area contributed by atoms with Crippen molar-refractivity contribution in [1.29, 1.82) is 0 Å². The Morgan fingerprint density at radius 1 is 1.06 bits per heavy atom. The molecule has 0 aliphatic carbocycles. The molecule has 2 saturated heterocycles. The minimum atomic E-state index is -1.38. The first-order chi connectivity index (χ1) is 17.4. The Bertz CT molecular complexity index is 1330. The fraction of sp³-hybridized carbons (Fsp3) is 0.370. The number of amides is 4. The highest BCUT2D eigenvalue weighted by Crippen LogP contribution is 2.38. The number of fused-ring (bicyclic) bond motifs is 2. The van der Waals surface area contributed by atoms with E-state index in [9.17, 15) is 14.4 Å². The van der Waals surface area contributed by atoms with Crippen LogP contribution in [-0.4, -0.2) is 53.9 Å². The molecule has 1 aromatic heterocycles. The monoisotopic (exact) mass is 489 g/mol. The van der Waals surface area contributed by atoms with Crippen LogP contribution in [0.3, 0.4) is 0 Å². The average molecular weight is 490 g/mol. The van der Waals surface area contributed by atoms with Crippen molar-refractivity contribution in [3.05, 3.63) is 59.9 Å². The summed E-state index contributed by atoms with van der Waals surface area (Å²) < 4.78 is 17.4. The van der Waals surface area contributed by atoms with E-state index in [4.69, 9.17) is 13.9 Å². The molecule has 186 valence electrons. The normalized spacial score (nSPS) is 23.8. The lowest BCUT2D eigenvalue weighted by molar-refractivity contribution is -0.139. The van der Waals surface area contributed by atoms with Gasteiger partial charge >= 0.3 is 6.03 Å². The highest BCUT2D eigenvalue weighted by molar-refractivity contribution is 6.09. The van der Waals surface area contributed by atoms with Gasteiger partial charge in [-0.3, -0.25) is 14.5 Å². The molecule has 3 aliphatic heterocycles. The Balaban J connectivity index is 1.21. The van der Waals surface area contributed by atoms with Gasteiger partial charge in [0.1, 0.15) is 17.9 Å². The zero-order chi connectivity index (χ0) is 24.9. The number of urea groups is 1. The van der Waals surface area contributed by atoms with Crippen molar-refractivity contribution in [3.8, 4) is 11.5 Å². The molecule has 3 aromatic rings. The summed E-state index contributed by atoms with van der Waals surface area (Å²) in [6.45, 7) is 3.02. The number of carbonyl (C=O) groups excluding carboxylic acids is 3. The van der Waals surface area contributed by atoms with Crippen LogP contribution in [0.2, 0.25) is 0 Å². The molecular weight excluding hydrogens is 462 g/mol. The van der Waals surface area contributed by atoms with Crippen LogP contribution in [0, 0.1) is 0 Å². The summed E-state index contributed by atoms with van der Waals surface area (Å²) in [4.78, 5) is 42.3. The van der Waals surface area contributed by atoms with Gasteiger partial charge in [0.15, 0.2) is 17.0 Å². The molecule has 2 aromatic carbocycles. The molecule has 4 heterocycles. The molecule has 0 unspecified atom stereocenters. The van der Waals surface area contributed by atoms with E-state index in [1.54, 1.807) is 24.0 Å². The third-order valence-corrected chi connectivity index (χ3v) is 7.22. The fourth-order valence-electron chi connectivity index (χ4n) is 5.26. The summed E-state index contributed by atoms with van der Waals surface area (Å²) in [5, 5.41) is 3.56. The summed E-state index contributed by atoms with van der Waals surface area (Å²) in [5.41, 5.74) is 0.199. The second-order valence-electron chi connectivity index (χ2n) is 9.60. The molecule has 1 N–H and O–H groups in total. The number of carbonyl (C=O) groups is 3. The standard InChI is InChI=1S/C27H27N3O6/c1-27(23-15-18-6-2-3-8-20(18)36-23)25(32)30(26(33)28-27)16-24(31)29-11-4-7-19(29)17-9-10-21-22(14-17)35-13-5-12-34-21/h2-3,6,8-10,14-15,19H,4-5,7,11-13,16H2,1H3,(H,28,33)/t19-,27-/m1/s1. The second kappa shape index (κ2) is 8.58. The summed E-state index contributed by atoms with van der Waals surface area (Å²) >= 11 is 0. The minimum Gasteiger partial charge on any atom is -0.490 e. The molecule has 0 radical (unpaired) electrons. The Labute approximate surface area is 207 Å². The Morgan fingerprint density at radius 2 is 1.86 bits per heavy atom. The van der Waals surface area contributed by atoms with Crippen LogP contribution in [-0.2, 0) is 15.1 Å². The lowest BCUT2D eigenvalue weighted by Crippen LogP contribution is -2.44. The van der Waals surface area contributed by atoms with Crippen LogP contribution in [0.25, 0.3) is 11.0 Å². The number of rotatable bonds is 4. The third-order valence-electron chi connectivity index (χ3n) is 7.22. The molecule has 0 bridgehead atoms. The maximum absolute atomic E-state index is 13.4. The number of furan rings is 1. The van der Waals surface area contributed by atoms with Crippen molar-refractivity contribution in [2.24, 2.45) is 0 Å². The van der Waals surface area contributed by atoms with Crippen molar-refractivity contribution in [1.82, 2.24) is 15.1 Å². The lowest BCUT2D eigenvalue weighted by Gasteiger charge is -2.27. The topological polar surface area (TPSA) is 101 Å². The highest BCUT2D eigenvalue weighted by atomic mass is 16.5. The van der Waals surface area contributed by atoms with Gasteiger partial charge in [-0.1, -0.05) is 24.3 Å². The molecular formula is C27H27N3O6. The third kappa shape index (κ3) is 3.66. The molecule has 2 fully saturated rings. The Morgan fingerprint density at radius 3 is 2.69 bits per heavy atom. The fourth-order valence-corrected chi connectivity index (χ4v) is 5.26. The number of para-hydroxylation sites is 1. The quantitative estimate of drug-likeness (QED) is 0.561. The summed E-state index contributed by atoms with van der Waals surface area (Å²) in [6, 6.07) is 14.2. The molecule has 6 rings (SSSR count). The van der Waals surface area contributed by atoms with Gasteiger partial charge in [-0.15, -0.1) is 0 Å². The van der Waals surface area contributed by atoms with Gasteiger partial charge < -0.3 is 24.1 Å². The van der Waals surface area contributed by atoms with Gasteiger partial charge in [-0.25, -0.2) is 4.79 Å². The zero-order valence-corrected chi connectivity index (χ0v) is 20.0. The van der Waals surface area contributed by atoms with E-state index in [-0.39, 0.29) is 18.5 Å². The first-order valence-corrected chi connectivity index (χ1v) is 12.3. The van der Waals surface area contributed by atoms with Gasteiger partial charge in [-0.05, 0) is 49.6 Å². The number of benzene rings is 2. The van der Waals surface area contributed by atoms with Crippen LogP contribution in [0.5, 0.6) is 11.5 Å². The van der Waals surface area contributed by atoms with Gasteiger partial charge in [0.2, 0.25) is 5.91 Å². The molecule has 0 spiro atoms. The van der Waals surface area contributed by atoms with E-state index in [1.165, 1.54) is 0 Å². The number of nitrogens with zero attached hydrogens (tertiary/aromatic N) is 2. The van der Waals surface area contributed by atoms with E-state index in [0.29, 0.717) is 42.6 Å². The van der Waals surface area contributed by atoms with Crippen molar-refractivity contribution in [2.45, 2.75) is 37.8 Å². The van der Waals surface area contributed by atoms with E-state index in [0.717, 1.165) is 35.1 Å². The number of hydrogen-bond donors (Lipinski definition) is 1. The van der Waals surface area contributed by atoms with Crippen LogP contribution in [0.1, 0.15) is 43.6 Å². The molecule has 2 atom stereocenters. The van der Waals surface area contributed by atoms with Crippen molar-refractivity contribution < 1.29 is 28.3 Å². The van der Waals surface area contributed by atoms with Gasteiger partial charge in [0.25, 0.3) is 5.91 Å². The zero-order valence-electron chi connectivity index (χ0n) is 20.0. The minimum absolute atomic E-state index is 0.155. The lowest BCUT2D eigenvalue weighted by atomic mass is 9.99. The van der Waals surface area contributed by atoms with Gasteiger partial charge in [0.05, 0.1) is 19.3 Å². The van der Waals surface area contributed by atoms with Crippen LogP contribution < -0.4 is 14.8 Å². The van der Waals surface area contributed by atoms with Gasteiger partial charge in [-0.2, -0.15) is 0 Å². The molecule has 3 aliphatic rings. The number of nitrogens with one attached hydrogen (secondary N) is 1. The highest BCUT2D eigenvalue weighted by Gasteiger charge is 2.52. The number of ether oxygens (including phenoxy) is 2. The first-order valence-electron chi connectivity index (χ1n) is 12.3. The van der Waals surface area contributed by atoms with Crippen molar-refractivity contribution in [3.63, 3.8) is 0 Å². The summed E-state index contributed by atoms with van der Waals surface area (Å²) in [5.74, 6) is 0.938. The molecule has 9 heteroatoms. The molecule has 36 heavy (non-hydrogen) atoms. The largest absolute Gasteiger partial charge is 0.490 e. The van der Waals surface area contributed by atoms with Crippen LogP contribution in [0.4, 0.5) is 4.79 Å². The van der Waals surface area contributed by atoms with E-state index in [1.807, 2.05) is 36.4 Å². The average Bonchev–Trinajstić information content (AvgIpc) is 3.54. The summed E-state index contributed by atoms with van der Waals surface area (Å²) in [6.07, 6.45) is 2.45. The smallest absolute Gasteiger partial charge is 0.325 e. The molecule has 4 amide bonds. The number of likely N-dealkylation sites (tertiary alicyclic amines) is 1.